The van der Waals surface area contributed by atoms with Gasteiger partial charge in [-0.1, -0.05) is 13.3 Å². The van der Waals surface area contributed by atoms with E-state index in [0.29, 0.717) is 6.42 Å². The second-order valence-electron chi connectivity index (χ2n) is 4.43. The summed E-state index contributed by atoms with van der Waals surface area (Å²) in [7, 11) is 0. The zero-order chi connectivity index (χ0) is 13.8. The lowest BCUT2D eigenvalue weighted by Gasteiger charge is -2.22. The fourth-order valence-corrected chi connectivity index (χ4v) is 1.58. The van der Waals surface area contributed by atoms with Gasteiger partial charge in [0.25, 0.3) is 11.5 Å². The molecule has 7 nitrogen and oxygen atoms in total. The van der Waals surface area contributed by atoms with Crippen LogP contribution >= 0.6 is 0 Å². The Kier molecular flexibility index (Phi) is 4.43. The smallest absolute Gasteiger partial charge is 0.326 e. The van der Waals surface area contributed by atoms with E-state index in [1.54, 1.807) is 6.92 Å². The van der Waals surface area contributed by atoms with Crippen molar-refractivity contribution in [3.63, 3.8) is 0 Å². The standard InChI is InChI=1S/C11H17N3O4/c1-3-4-11(2,18)6-12-9(16)7-5-8(15)14-10(17)13-7/h5,18H,3-4,6H2,1-2H3,(H,12,16)(H2,13,14,15,17). The van der Waals surface area contributed by atoms with Crippen molar-refractivity contribution in [3.05, 3.63) is 32.6 Å². The molecule has 0 spiro atoms. The predicted octanol–water partition coefficient (Wildman–Crippen LogP) is -0.656. The highest BCUT2D eigenvalue weighted by molar-refractivity contribution is 5.92. The topological polar surface area (TPSA) is 115 Å². The first-order chi connectivity index (χ1) is 8.34. The first-order valence-electron chi connectivity index (χ1n) is 5.68. The van der Waals surface area contributed by atoms with E-state index >= 15 is 0 Å². The minimum Gasteiger partial charge on any atom is -0.388 e. The molecule has 1 atom stereocenters. The molecule has 1 rings (SSSR count). The number of rotatable bonds is 5. The first-order valence-corrected chi connectivity index (χ1v) is 5.68. The van der Waals surface area contributed by atoms with E-state index in [-0.39, 0.29) is 12.2 Å². The molecule has 0 fully saturated rings. The van der Waals surface area contributed by atoms with Gasteiger partial charge < -0.3 is 15.4 Å². The summed E-state index contributed by atoms with van der Waals surface area (Å²) in [5, 5.41) is 12.3. The first kappa shape index (κ1) is 14.2. The van der Waals surface area contributed by atoms with Crippen molar-refractivity contribution in [2.24, 2.45) is 0 Å². The van der Waals surface area contributed by atoms with Gasteiger partial charge in [0.05, 0.1) is 5.60 Å². The zero-order valence-corrected chi connectivity index (χ0v) is 10.4. The molecule has 0 aliphatic carbocycles. The lowest BCUT2D eigenvalue weighted by molar-refractivity contribution is 0.0468. The highest BCUT2D eigenvalue weighted by atomic mass is 16.3. The van der Waals surface area contributed by atoms with Gasteiger partial charge in [-0.25, -0.2) is 4.79 Å². The van der Waals surface area contributed by atoms with Crippen LogP contribution in [0.15, 0.2) is 15.7 Å². The van der Waals surface area contributed by atoms with Crippen LogP contribution in [0.25, 0.3) is 0 Å². The molecule has 1 amide bonds. The minimum absolute atomic E-state index is 0.0501. The Bertz CT molecular complexity index is 501. The summed E-state index contributed by atoms with van der Waals surface area (Å²) < 4.78 is 0. The zero-order valence-electron chi connectivity index (χ0n) is 10.4. The number of aliphatic hydroxyl groups is 1. The van der Waals surface area contributed by atoms with Crippen molar-refractivity contribution >= 4 is 5.91 Å². The molecule has 0 bridgehead atoms. The van der Waals surface area contributed by atoms with Gasteiger partial charge in [0, 0.05) is 12.6 Å². The molecule has 100 valence electrons. The van der Waals surface area contributed by atoms with Crippen molar-refractivity contribution in [1.29, 1.82) is 0 Å². The van der Waals surface area contributed by atoms with E-state index in [9.17, 15) is 19.5 Å². The highest BCUT2D eigenvalue weighted by Crippen LogP contribution is 2.09. The Labute approximate surface area is 103 Å². The quantitative estimate of drug-likeness (QED) is 0.559. The molecule has 0 saturated heterocycles. The molecule has 18 heavy (non-hydrogen) atoms. The second-order valence-corrected chi connectivity index (χ2v) is 4.43. The molecule has 1 heterocycles. The fourth-order valence-electron chi connectivity index (χ4n) is 1.58. The molecule has 7 heteroatoms. The molecular weight excluding hydrogens is 238 g/mol. The summed E-state index contributed by atoms with van der Waals surface area (Å²) >= 11 is 0. The van der Waals surface area contributed by atoms with Crippen LogP contribution in [-0.4, -0.2) is 33.1 Å². The van der Waals surface area contributed by atoms with E-state index in [1.807, 2.05) is 11.9 Å². The van der Waals surface area contributed by atoms with E-state index < -0.39 is 22.8 Å². The van der Waals surface area contributed by atoms with Crippen molar-refractivity contribution in [3.8, 4) is 0 Å². The van der Waals surface area contributed by atoms with Crippen molar-refractivity contribution in [1.82, 2.24) is 15.3 Å². The summed E-state index contributed by atoms with van der Waals surface area (Å²) in [6, 6.07) is 0.991. The largest absolute Gasteiger partial charge is 0.388 e. The fraction of sp³-hybridized carbons (Fsp3) is 0.545. The van der Waals surface area contributed by atoms with Crippen LogP contribution in [0, 0.1) is 0 Å². The molecule has 0 radical (unpaired) electrons. The van der Waals surface area contributed by atoms with Crippen molar-refractivity contribution < 1.29 is 9.90 Å². The van der Waals surface area contributed by atoms with Gasteiger partial charge in [0.1, 0.15) is 5.69 Å². The minimum atomic E-state index is -1.01. The molecular formula is C11H17N3O4. The molecule has 4 N–H and O–H groups in total. The Morgan fingerprint density at radius 2 is 2.11 bits per heavy atom. The van der Waals surface area contributed by atoms with Gasteiger partial charge in [0.15, 0.2) is 0 Å². The third-order valence-electron chi connectivity index (χ3n) is 2.42. The van der Waals surface area contributed by atoms with Gasteiger partial charge in [-0.3, -0.25) is 14.6 Å². The van der Waals surface area contributed by atoms with E-state index in [4.69, 9.17) is 0 Å². The number of nitrogens with one attached hydrogen (secondary N) is 3. The molecule has 1 aromatic heterocycles. The van der Waals surface area contributed by atoms with E-state index in [1.165, 1.54) is 0 Å². The number of carbonyl (C=O) groups is 1. The van der Waals surface area contributed by atoms with Gasteiger partial charge in [0.2, 0.25) is 0 Å². The van der Waals surface area contributed by atoms with Crippen LogP contribution < -0.4 is 16.6 Å². The van der Waals surface area contributed by atoms with Crippen LogP contribution in [0.1, 0.15) is 37.2 Å². The van der Waals surface area contributed by atoms with Gasteiger partial charge in [-0.15, -0.1) is 0 Å². The van der Waals surface area contributed by atoms with Gasteiger partial charge in [-0.05, 0) is 13.3 Å². The summed E-state index contributed by atoms with van der Waals surface area (Å²) in [4.78, 5) is 37.8. The van der Waals surface area contributed by atoms with Gasteiger partial charge >= 0.3 is 5.69 Å². The van der Waals surface area contributed by atoms with Crippen molar-refractivity contribution in [2.45, 2.75) is 32.3 Å². The number of aromatic nitrogens is 2. The second kappa shape index (κ2) is 5.63. The average Bonchev–Trinajstić information content (AvgIpc) is 2.24. The third kappa shape index (κ3) is 4.17. The Hall–Kier alpha value is -1.89. The highest BCUT2D eigenvalue weighted by Gasteiger charge is 2.20. The maximum Gasteiger partial charge on any atom is 0.326 e. The average molecular weight is 255 g/mol. The van der Waals surface area contributed by atoms with E-state index in [2.05, 4.69) is 10.3 Å². The maximum absolute atomic E-state index is 11.7. The van der Waals surface area contributed by atoms with Crippen LogP contribution in [0.5, 0.6) is 0 Å². The lowest BCUT2D eigenvalue weighted by atomic mass is 10.0. The number of hydrogen-bond acceptors (Lipinski definition) is 4. The lowest BCUT2D eigenvalue weighted by Crippen LogP contribution is -2.41. The number of H-pyrrole nitrogens is 2. The van der Waals surface area contributed by atoms with Crippen LogP contribution in [0.4, 0.5) is 0 Å². The van der Waals surface area contributed by atoms with Crippen molar-refractivity contribution in [2.75, 3.05) is 6.54 Å². The van der Waals surface area contributed by atoms with E-state index in [0.717, 1.165) is 12.5 Å². The third-order valence-corrected chi connectivity index (χ3v) is 2.42. The summed E-state index contributed by atoms with van der Waals surface area (Å²) in [6.45, 7) is 3.58. The monoisotopic (exact) mass is 255 g/mol. The Morgan fingerprint density at radius 3 is 2.67 bits per heavy atom. The Morgan fingerprint density at radius 1 is 1.44 bits per heavy atom. The molecule has 0 aliphatic heterocycles. The number of amides is 1. The van der Waals surface area contributed by atoms with Gasteiger partial charge in [-0.2, -0.15) is 0 Å². The summed E-state index contributed by atoms with van der Waals surface area (Å²) in [5.41, 5.74) is -2.53. The Balaban J connectivity index is 2.72. The predicted molar refractivity (Wildman–Crippen MR) is 65.5 cm³/mol. The molecule has 0 aromatic carbocycles. The molecule has 1 aromatic rings. The van der Waals surface area contributed by atoms with Crippen LogP contribution in [0.3, 0.4) is 0 Å². The number of carbonyl (C=O) groups excluding carboxylic acids is 1. The molecule has 0 aliphatic rings. The molecule has 1 unspecified atom stereocenters. The number of hydrogen-bond donors (Lipinski definition) is 4. The molecule has 0 saturated carbocycles. The maximum atomic E-state index is 11.7. The SMILES string of the molecule is CCCC(C)(O)CNC(=O)c1cc(=O)[nH]c(=O)[nH]1. The number of aromatic amines is 2. The normalized spacial score (nSPS) is 13.9. The van der Waals surface area contributed by atoms with Crippen LogP contribution in [0.2, 0.25) is 0 Å². The summed E-state index contributed by atoms with van der Waals surface area (Å²) in [6.07, 6.45) is 1.32. The summed E-state index contributed by atoms with van der Waals surface area (Å²) in [5.74, 6) is -0.602. The van der Waals surface area contributed by atoms with Crippen LogP contribution in [-0.2, 0) is 0 Å².